The molecule has 0 radical (unpaired) electrons. The highest BCUT2D eigenvalue weighted by atomic mass is 32.2. The van der Waals surface area contributed by atoms with Crippen molar-refractivity contribution in [3.8, 4) is 0 Å². The second-order valence-electron chi connectivity index (χ2n) is 5.83. The normalized spacial score (nSPS) is 24.0. The summed E-state index contributed by atoms with van der Waals surface area (Å²) in [6.07, 6.45) is 3.62. The van der Waals surface area contributed by atoms with E-state index in [1.165, 1.54) is 41.9 Å². The zero-order chi connectivity index (χ0) is 15.1. The Balaban J connectivity index is 2.13. The van der Waals surface area contributed by atoms with E-state index < -0.39 is 0 Å². The van der Waals surface area contributed by atoms with Crippen molar-refractivity contribution in [1.29, 1.82) is 0 Å². The second-order valence-corrected chi connectivity index (χ2v) is 8.61. The fraction of sp³-hybridized carbons (Fsp3) is 0.667. The van der Waals surface area contributed by atoms with E-state index in [4.69, 9.17) is 0 Å². The van der Waals surface area contributed by atoms with Gasteiger partial charge in [0, 0.05) is 28.0 Å². The predicted octanol–water partition coefficient (Wildman–Crippen LogP) is 4.92. The average Bonchev–Trinajstić information content (AvgIpc) is 2.51. The number of thioether (sulfide) groups is 2. The molecule has 0 saturated carbocycles. The first-order valence-corrected chi connectivity index (χ1v) is 10.4. The summed E-state index contributed by atoms with van der Waals surface area (Å²) in [5.74, 6) is 2.59. The first-order valence-electron chi connectivity index (χ1n) is 8.31. The molecule has 1 saturated heterocycles. The lowest BCUT2D eigenvalue weighted by Crippen LogP contribution is -2.38. The molecule has 1 N–H and O–H groups in total. The summed E-state index contributed by atoms with van der Waals surface area (Å²) in [5, 5.41) is 5.22. The van der Waals surface area contributed by atoms with Crippen LogP contribution >= 0.6 is 23.5 Å². The molecular weight excluding hydrogens is 294 g/mol. The third-order valence-corrected chi connectivity index (χ3v) is 7.25. The number of benzene rings is 1. The van der Waals surface area contributed by atoms with Crippen molar-refractivity contribution in [3.05, 3.63) is 35.4 Å². The average molecular weight is 324 g/mol. The van der Waals surface area contributed by atoms with Crippen LogP contribution in [-0.4, -0.2) is 28.6 Å². The van der Waals surface area contributed by atoms with Crippen LogP contribution in [0.15, 0.2) is 24.3 Å². The Kier molecular flexibility index (Phi) is 7.48. The Bertz CT molecular complexity index is 404. The molecule has 0 aromatic heterocycles. The standard InChI is InChI=1S/C18H29NS2/c1-4-6-15-7-9-16(10-8-15)17(19-11-5-2)18-14(3)20-12-13-21-18/h7-10,14,17-19H,4-6,11-13H2,1-3H3. The van der Waals surface area contributed by atoms with Crippen molar-refractivity contribution in [2.75, 3.05) is 18.1 Å². The van der Waals surface area contributed by atoms with E-state index in [1.807, 2.05) is 0 Å². The van der Waals surface area contributed by atoms with Gasteiger partial charge in [0.15, 0.2) is 0 Å². The molecule has 1 nitrogen and oxygen atoms in total. The Morgan fingerprint density at radius 3 is 2.43 bits per heavy atom. The zero-order valence-corrected chi connectivity index (χ0v) is 15.2. The smallest absolute Gasteiger partial charge is 0.0451 e. The summed E-state index contributed by atoms with van der Waals surface area (Å²) in [5.41, 5.74) is 2.93. The van der Waals surface area contributed by atoms with E-state index in [2.05, 4.69) is 73.9 Å². The van der Waals surface area contributed by atoms with E-state index in [0.29, 0.717) is 11.3 Å². The minimum Gasteiger partial charge on any atom is -0.309 e. The fourth-order valence-corrected chi connectivity index (χ4v) is 5.87. The van der Waals surface area contributed by atoms with E-state index in [0.717, 1.165) is 11.8 Å². The van der Waals surface area contributed by atoms with E-state index in [9.17, 15) is 0 Å². The summed E-state index contributed by atoms with van der Waals surface area (Å²) < 4.78 is 0. The van der Waals surface area contributed by atoms with Crippen molar-refractivity contribution in [2.24, 2.45) is 0 Å². The number of hydrogen-bond donors (Lipinski definition) is 1. The minimum atomic E-state index is 0.494. The summed E-state index contributed by atoms with van der Waals surface area (Å²) in [7, 11) is 0. The molecule has 3 unspecified atom stereocenters. The molecule has 1 aromatic rings. The van der Waals surface area contributed by atoms with Gasteiger partial charge in [-0.15, -0.1) is 0 Å². The highest BCUT2D eigenvalue weighted by Crippen LogP contribution is 2.38. The first-order chi connectivity index (χ1) is 10.3. The van der Waals surface area contributed by atoms with Gasteiger partial charge in [-0.3, -0.25) is 0 Å². The molecule has 1 aliphatic heterocycles. The molecule has 1 aliphatic rings. The van der Waals surface area contributed by atoms with Crippen molar-refractivity contribution in [3.63, 3.8) is 0 Å². The third-order valence-electron chi connectivity index (χ3n) is 4.06. The molecule has 0 spiro atoms. The van der Waals surface area contributed by atoms with E-state index in [-0.39, 0.29) is 0 Å². The molecule has 1 aromatic carbocycles. The molecule has 0 bridgehead atoms. The highest BCUT2D eigenvalue weighted by molar-refractivity contribution is 8.07. The van der Waals surface area contributed by atoms with Crippen LogP contribution in [0.3, 0.4) is 0 Å². The van der Waals surface area contributed by atoms with Crippen molar-refractivity contribution in [2.45, 2.75) is 56.6 Å². The van der Waals surface area contributed by atoms with Gasteiger partial charge >= 0.3 is 0 Å². The topological polar surface area (TPSA) is 12.0 Å². The predicted molar refractivity (Wildman–Crippen MR) is 99.6 cm³/mol. The first kappa shape index (κ1) is 17.2. The zero-order valence-electron chi connectivity index (χ0n) is 13.6. The molecule has 118 valence electrons. The molecular formula is C18H29NS2. The van der Waals surface area contributed by atoms with Gasteiger partial charge in [0.05, 0.1) is 0 Å². The fourth-order valence-electron chi connectivity index (χ4n) is 2.92. The van der Waals surface area contributed by atoms with Crippen LogP contribution in [-0.2, 0) is 6.42 Å². The SMILES string of the molecule is CCCNC(c1ccc(CCC)cc1)C1SCCSC1C. The molecule has 3 atom stereocenters. The molecule has 21 heavy (non-hydrogen) atoms. The van der Waals surface area contributed by atoms with Crippen LogP contribution in [0.2, 0.25) is 0 Å². The van der Waals surface area contributed by atoms with Gasteiger partial charge in [0.25, 0.3) is 0 Å². The lowest BCUT2D eigenvalue weighted by Gasteiger charge is -2.35. The van der Waals surface area contributed by atoms with Gasteiger partial charge in [-0.1, -0.05) is 51.5 Å². The van der Waals surface area contributed by atoms with E-state index in [1.54, 1.807) is 0 Å². The largest absolute Gasteiger partial charge is 0.309 e. The van der Waals surface area contributed by atoms with Gasteiger partial charge in [0.2, 0.25) is 0 Å². The van der Waals surface area contributed by atoms with Crippen molar-refractivity contribution in [1.82, 2.24) is 5.32 Å². The maximum Gasteiger partial charge on any atom is 0.0451 e. The molecule has 0 aliphatic carbocycles. The molecule has 1 fully saturated rings. The van der Waals surface area contributed by atoms with E-state index >= 15 is 0 Å². The van der Waals surface area contributed by atoms with Gasteiger partial charge in [-0.25, -0.2) is 0 Å². The quantitative estimate of drug-likeness (QED) is 0.765. The molecule has 2 rings (SSSR count). The maximum absolute atomic E-state index is 3.80. The summed E-state index contributed by atoms with van der Waals surface area (Å²) in [6.45, 7) is 8.00. The second kappa shape index (κ2) is 9.12. The van der Waals surface area contributed by atoms with Crippen LogP contribution in [0.25, 0.3) is 0 Å². The lowest BCUT2D eigenvalue weighted by atomic mass is 9.99. The Hall–Kier alpha value is -0.120. The Morgan fingerprint density at radius 2 is 1.81 bits per heavy atom. The van der Waals surface area contributed by atoms with Crippen molar-refractivity contribution >= 4 is 23.5 Å². The highest BCUT2D eigenvalue weighted by Gasteiger charge is 2.30. The summed E-state index contributed by atoms with van der Waals surface area (Å²) in [4.78, 5) is 0. The molecule has 0 amide bonds. The lowest BCUT2D eigenvalue weighted by molar-refractivity contribution is 0.508. The number of rotatable bonds is 7. The van der Waals surface area contributed by atoms with Crippen LogP contribution in [0.1, 0.15) is 50.8 Å². The number of hydrogen-bond acceptors (Lipinski definition) is 3. The van der Waals surface area contributed by atoms with Crippen LogP contribution in [0.4, 0.5) is 0 Å². The third kappa shape index (κ3) is 4.94. The van der Waals surface area contributed by atoms with Gasteiger partial charge in [0.1, 0.15) is 0 Å². The van der Waals surface area contributed by atoms with Crippen molar-refractivity contribution < 1.29 is 0 Å². The Morgan fingerprint density at radius 1 is 1.10 bits per heavy atom. The van der Waals surface area contributed by atoms with Gasteiger partial charge in [-0.05, 0) is 30.5 Å². The van der Waals surface area contributed by atoms with Gasteiger partial charge in [-0.2, -0.15) is 23.5 Å². The number of aryl methyl sites for hydroxylation is 1. The monoisotopic (exact) mass is 323 g/mol. The van der Waals surface area contributed by atoms with Gasteiger partial charge < -0.3 is 5.32 Å². The van der Waals surface area contributed by atoms with Crippen LogP contribution < -0.4 is 5.32 Å². The molecule has 1 heterocycles. The number of nitrogens with one attached hydrogen (secondary N) is 1. The summed E-state index contributed by atoms with van der Waals surface area (Å²) in [6, 6.07) is 9.85. The minimum absolute atomic E-state index is 0.494. The Labute approximate surface area is 139 Å². The van der Waals surface area contributed by atoms with Crippen LogP contribution in [0, 0.1) is 0 Å². The van der Waals surface area contributed by atoms with Crippen LogP contribution in [0.5, 0.6) is 0 Å². The maximum atomic E-state index is 3.80. The molecule has 3 heteroatoms. The summed E-state index contributed by atoms with van der Waals surface area (Å²) >= 11 is 4.29.